The van der Waals surface area contributed by atoms with Gasteiger partial charge in [0.05, 0.1) is 6.07 Å². The van der Waals surface area contributed by atoms with Crippen molar-refractivity contribution in [3.05, 3.63) is 0 Å². The number of likely N-dealkylation sites (N-methyl/N-ethyl adjacent to an activating group) is 2. The summed E-state index contributed by atoms with van der Waals surface area (Å²) in [5.74, 6) is 0. The quantitative estimate of drug-likeness (QED) is 0.709. The lowest BCUT2D eigenvalue weighted by molar-refractivity contribution is 0.0151. The summed E-state index contributed by atoms with van der Waals surface area (Å²) in [5, 5.41) is 12.9. The second kappa shape index (κ2) is 7.58. The van der Waals surface area contributed by atoms with Crippen LogP contribution in [0.3, 0.4) is 0 Å². The molecule has 1 aliphatic rings. The lowest BCUT2D eigenvalue weighted by Gasteiger charge is -2.50. The minimum atomic E-state index is -0.422. The van der Waals surface area contributed by atoms with Gasteiger partial charge in [0.25, 0.3) is 0 Å². The number of nitriles is 1. The normalized spacial score (nSPS) is 21.7. The molecule has 1 N–H and O–H groups in total. The highest BCUT2D eigenvalue weighted by molar-refractivity contribution is 5.06. The van der Waals surface area contributed by atoms with Gasteiger partial charge in [-0.05, 0) is 73.6 Å². The average molecular weight is 294 g/mol. The average Bonchev–Trinajstić information content (AvgIpc) is 2.39. The highest BCUT2D eigenvalue weighted by Gasteiger charge is 2.41. The van der Waals surface area contributed by atoms with Gasteiger partial charge < -0.3 is 9.80 Å². The van der Waals surface area contributed by atoms with Crippen molar-refractivity contribution in [2.45, 2.75) is 70.0 Å². The van der Waals surface area contributed by atoms with Gasteiger partial charge in [-0.15, -0.1) is 0 Å². The molecule has 2 unspecified atom stereocenters. The summed E-state index contributed by atoms with van der Waals surface area (Å²) in [6, 6.07) is 2.86. The Kier molecular flexibility index (Phi) is 6.65. The molecule has 0 bridgehead atoms. The first kappa shape index (κ1) is 18.4. The zero-order valence-electron chi connectivity index (χ0n) is 14.9. The molecule has 1 fully saturated rings. The maximum Gasteiger partial charge on any atom is 0.105 e. The molecule has 0 radical (unpaired) electrons. The van der Waals surface area contributed by atoms with Crippen molar-refractivity contribution in [1.29, 1.82) is 5.26 Å². The third kappa shape index (κ3) is 4.67. The van der Waals surface area contributed by atoms with Crippen LogP contribution in [-0.4, -0.2) is 61.2 Å². The summed E-state index contributed by atoms with van der Waals surface area (Å²) in [5.41, 5.74) is -0.0719. The van der Waals surface area contributed by atoms with Crippen LogP contribution in [0.2, 0.25) is 0 Å². The summed E-state index contributed by atoms with van der Waals surface area (Å²) in [7, 11) is 6.59. The molecular formula is C17H34N4. The Morgan fingerprint density at radius 2 is 1.95 bits per heavy atom. The Balaban J connectivity index is 2.57. The van der Waals surface area contributed by atoms with Gasteiger partial charge in [-0.3, -0.25) is 5.32 Å². The van der Waals surface area contributed by atoms with Crippen molar-refractivity contribution in [3.8, 4) is 6.07 Å². The van der Waals surface area contributed by atoms with E-state index in [4.69, 9.17) is 0 Å². The Morgan fingerprint density at radius 1 is 1.33 bits per heavy atom. The summed E-state index contributed by atoms with van der Waals surface area (Å²) in [4.78, 5) is 4.82. The first-order valence-electron chi connectivity index (χ1n) is 8.32. The fraction of sp³-hybridized carbons (Fsp3) is 0.941. The second-order valence-corrected chi connectivity index (χ2v) is 7.31. The van der Waals surface area contributed by atoms with E-state index >= 15 is 0 Å². The van der Waals surface area contributed by atoms with E-state index in [1.54, 1.807) is 0 Å². The SMILES string of the molecule is CCCNC(C)(C#N)CC(C)N(C)CC1(N(C)C)CCC1. The summed E-state index contributed by atoms with van der Waals surface area (Å²) in [6.07, 6.45) is 5.85. The maximum atomic E-state index is 9.48. The predicted molar refractivity (Wildman–Crippen MR) is 89.3 cm³/mol. The van der Waals surface area contributed by atoms with E-state index in [1.807, 2.05) is 6.92 Å². The molecule has 0 spiro atoms. The Hall–Kier alpha value is -0.630. The number of hydrogen-bond donors (Lipinski definition) is 1. The van der Waals surface area contributed by atoms with Crippen LogP contribution in [0.1, 0.15) is 52.9 Å². The van der Waals surface area contributed by atoms with Crippen LogP contribution < -0.4 is 5.32 Å². The van der Waals surface area contributed by atoms with Crippen molar-refractivity contribution in [1.82, 2.24) is 15.1 Å². The Labute approximate surface area is 131 Å². The fourth-order valence-electron chi connectivity index (χ4n) is 3.26. The van der Waals surface area contributed by atoms with Crippen LogP contribution in [0.25, 0.3) is 0 Å². The van der Waals surface area contributed by atoms with E-state index in [2.05, 4.69) is 56.2 Å². The largest absolute Gasteiger partial charge is 0.302 e. The first-order valence-corrected chi connectivity index (χ1v) is 8.32. The lowest BCUT2D eigenvalue weighted by atomic mass is 9.75. The van der Waals surface area contributed by atoms with Crippen molar-refractivity contribution in [2.75, 3.05) is 34.2 Å². The molecule has 0 aliphatic heterocycles. The Bertz CT molecular complexity index is 356. The van der Waals surface area contributed by atoms with Gasteiger partial charge in [0.1, 0.15) is 5.54 Å². The fourth-order valence-corrected chi connectivity index (χ4v) is 3.26. The van der Waals surface area contributed by atoms with Crippen molar-refractivity contribution in [3.63, 3.8) is 0 Å². The highest BCUT2D eigenvalue weighted by atomic mass is 15.2. The predicted octanol–water partition coefficient (Wildman–Crippen LogP) is 2.46. The minimum Gasteiger partial charge on any atom is -0.302 e. The molecule has 4 heteroatoms. The smallest absolute Gasteiger partial charge is 0.105 e. The number of rotatable bonds is 9. The summed E-state index contributed by atoms with van der Waals surface area (Å²) in [6.45, 7) is 8.40. The molecule has 0 aromatic rings. The number of hydrogen-bond acceptors (Lipinski definition) is 4. The van der Waals surface area contributed by atoms with Crippen LogP contribution >= 0.6 is 0 Å². The molecule has 0 amide bonds. The summed E-state index contributed by atoms with van der Waals surface area (Å²) >= 11 is 0. The van der Waals surface area contributed by atoms with E-state index in [0.717, 1.165) is 25.9 Å². The zero-order valence-corrected chi connectivity index (χ0v) is 14.9. The molecule has 0 heterocycles. The lowest BCUT2D eigenvalue weighted by Crippen LogP contribution is -2.58. The molecule has 2 atom stereocenters. The van der Waals surface area contributed by atoms with E-state index in [-0.39, 0.29) is 0 Å². The number of nitrogens with zero attached hydrogens (tertiary/aromatic N) is 3. The van der Waals surface area contributed by atoms with Crippen LogP contribution in [0.15, 0.2) is 0 Å². The molecule has 0 saturated heterocycles. The van der Waals surface area contributed by atoms with Gasteiger partial charge >= 0.3 is 0 Å². The zero-order chi connectivity index (χ0) is 16.1. The van der Waals surface area contributed by atoms with E-state index in [9.17, 15) is 5.26 Å². The highest BCUT2D eigenvalue weighted by Crippen LogP contribution is 2.37. The van der Waals surface area contributed by atoms with Crippen LogP contribution in [0, 0.1) is 11.3 Å². The third-order valence-corrected chi connectivity index (χ3v) is 5.24. The van der Waals surface area contributed by atoms with E-state index < -0.39 is 5.54 Å². The molecule has 0 aromatic carbocycles. The van der Waals surface area contributed by atoms with Gasteiger partial charge in [-0.1, -0.05) is 6.92 Å². The molecule has 0 aromatic heterocycles. The first-order chi connectivity index (χ1) is 9.78. The van der Waals surface area contributed by atoms with Crippen molar-refractivity contribution >= 4 is 0 Å². The second-order valence-electron chi connectivity index (χ2n) is 7.31. The van der Waals surface area contributed by atoms with Gasteiger partial charge in [-0.2, -0.15) is 5.26 Å². The molecule has 4 nitrogen and oxygen atoms in total. The topological polar surface area (TPSA) is 42.3 Å². The molecule has 1 aliphatic carbocycles. The standard InChI is InChI=1S/C17H34N4/c1-7-11-19-16(3,13-18)12-15(2)21(6)14-17(20(4)5)9-8-10-17/h15,19H,7-12,14H2,1-6H3. The van der Waals surface area contributed by atoms with Gasteiger partial charge in [0, 0.05) is 18.1 Å². The van der Waals surface area contributed by atoms with Crippen LogP contribution in [0.5, 0.6) is 0 Å². The maximum absolute atomic E-state index is 9.48. The van der Waals surface area contributed by atoms with Crippen molar-refractivity contribution in [2.24, 2.45) is 0 Å². The van der Waals surface area contributed by atoms with E-state index in [1.165, 1.54) is 19.3 Å². The molecule has 122 valence electrons. The molecular weight excluding hydrogens is 260 g/mol. The molecule has 1 saturated carbocycles. The molecule has 21 heavy (non-hydrogen) atoms. The van der Waals surface area contributed by atoms with Crippen LogP contribution in [0.4, 0.5) is 0 Å². The van der Waals surface area contributed by atoms with E-state index in [0.29, 0.717) is 11.6 Å². The van der Waals surface area contributed by atoms with Crippen LogP contribution in [-0.2, 0) is 0 Å². The third-order valence-electron chi connectivity index (χ3n) is 5.24. The van der Waals surface area contributed by atoms with Gasteiger partial charge in [0.15, 0.2) is 0 Å². The van der Waals surface area contributed by atoms with Gasteiger partial charge in [0.2, 0.25) is 0 Å². The monoisotopic (exact) mass is 294 g/mol. The Morgan fingerprint density at radius 3 is 2.33 bits per heavy atom. The minimum absolute atomic E-state index is 0.350. The summed E-state index contributed by atoms with van der Waals surface area (Å²) < 4.78 is 0. The molecule has 1 rings (SSSR count). The van der Waals surface area contributed by atoms with Crippen molar-refractivity contribution < 1.29 is 0 Å². The van der Waals surface area contributed by atoms with Gasteiger partial charge in [-0.25, -0.2) is 0 Å². The number of nitrogens with one attached hydrogen (secondary N) is 1.